The molecule has 1 aliphatic rings. The Kier molecular flexibility index (Phi) is 6.65. The van der Waals surface area contributed by atoms with Crippen LogP contribution in [0.15, 0.2) is 47.4 Å². The molecule has 2 aromatic rings. The Bertz CT molecular complexity index is 859. The number of ether oxygens (including phenoxy) is 2. The summed E-state index contributed by atoms with van der Waals surface area (Å²) in [4.78, 5) is 26.3. The van der Waals surface area contributed by atoms with Crippen molar-refractivity contribution in [1.82, 2.24) is 4.90 Å². The maximum Gasteiger partial charge on any atom is 0.322 e. The van der Waals surface area contributed by atoms with E-state index in [4.69, 9.17) is 15.2 Å². The number of rotatable bonds is 8. The van der Waals surface area contributed by atoms with Crippen LogP contribution in [0.1, 0.15) is 18.9 Å². The van der Waals surface area contributed by atoms with E-state index in [0.717, 1.165) is 16.2 Å². The zero-order valence-corrected chi connectivity index (χ0v) is 16.5. The van der Waals surface area contributed by atoms with Gasteiger partial charge in [0.15, 0.2) is 11.5 Å². The zero-order valence-electron chi connectivity index (χ0n) is 15.6. The van der Waals surface area contributed by atoms with Crippen molar-refractivity contribution in [2.24, 2.45) is 5.73 Å². The third-order valence-corrected chi connectivity index (χ3v) is 5.29. The highest BCUT2D eigenvalue weighted by Gasteiger charge is 2.17. The molecule has 0 saturated heterocycles. The molecule has 148 valence electrons. The highest BCUT2D eigenvalue weighted by molar-refractivity contribution is 7.99. The molecule has 1 aliphatic heterocycles. The summed E-state index contributed by atoms with van der Waals surface area (Å²) in [5.74, 6) is 1.65. The van der Waals surface area contributed by atoms with Gasteiger partial charge in [0, 0.05) is 30.2 Å². The number of nitrogens with two attached hydrogens (primary N) is 1. The summed E-state index contributed by atoms with van der Waals surface area (Å²) in [5, 5.41) is 2.97. The van der Waals surface area contributed by atoms with Crippen LogP contribution in [0.5, 0.6) is 11.5 Å². The molecule has 28 heavy (non-hydrogen) atoms. The molecule has 3 amide bonds. The molecular formula is C20H23N3O4S. The number of carbonyl (C=O) groups excluding carboxylic acids is 2. The van der Waals surface area contributed by atoms with Crippen LogP contribution in [0, 0.1) is 0 Å². The molecule has 0 saturated carbocycles. The Morgan fingerprint density at radius 2 is 1.96 bits per heavy atom. The van der Waals surface area contributed by atoms with Gasteiger partial charge in [0.05, 0.1) is 5.69 Å². The fourth-order valence-corrected chi connectivity index (χ4v) is 3.71. The normalized spacial score (nSPS) is 11.9. The lowest BCUT2D eigenvalue weighted by Gasteiger charge is -2.22. The maximum absolute atomic E-state index is 12.8. The topological polar surface area (TPSA) is 93.9 Å². The minimum Gasteiger partial charge on any atom is -0.454 e. The fraction of sp³-hybridized carbons (Fsp3) is 0.300. The summed E-state index contributed by atoms with van der Waals surface area (Å²) in [6, 6.07) is 13.0. The van der Waals surface area contributed by atoms with Gasteiger partial charge >= 0.3 is 6.03 Å². The Morgan fingerprint density at radius 3 is 2.75 bits per heavy atom. The Labute approximate surface area is 168 Å². The van der Waals surface area contributed by atoms with Gasteiger partial charge in [-0.25, -0.2) is 4.79 Å². The number of para-hydroxylation sites is 1. The molecule has 8 heteroatoms. The number of primary amides is 1. The molecule has 3 N–H and O–H groups in total. The van der Waals surface area contributed by atoms with Crippen molar-refractivity contribution in [3.63, 3.8) is 0 Å². The Hall–Kier alpha value is -2.87. The molecule has 0 atom stereocenters. The molecule has 0 spiro atoms. The number of nitrogens with one attached hydrogen (secondary N) is 1. The van der Waals surface area contributed by atoms with Crippen molar-refractivity contribution >= 4 is 29.4 Å². The largest absolute Gasteiger partial charge is 0.454 e. The predicted octanol–water partition coefficient (Wildman–Crippen LogP) is 3.44. The number of benzene rings is 2. The molecule has 2 aromatic carbocycles. The molecule has 0 bridgehead atoms. The second-order valence-electron chi connectivity index (χ2n) is 6.19. The van der Waals surface area contributed by atoms with Gasteiger partial charge in [0.25, 0.3) is 0 Å². The number of urea groups is 1. The molecule has 1 heterocycles. The lowest BCUT2D eigenvalue weighted by Crippen LogP contribution is -2.34. The fourth-order valence-electron chi connectivity index (χ4n) is 2.74. The van der Waals surface area contributed by atoms with Crippen LogP contribution in [-0.4, -0.2) is 35.9 Å². The van der Waals surface area contributed by atoms with Crippen LogP contribution in [0.4, 0.5) is 10.5 Å². The first-order valence-electron chi connectivity index (χ1n) is 9.01. The second kappa shape index (κ2) is 9.36. The van der Waals surface area contributed by atoms with E-state index in [9.17, 15) is 9.59 Å². The van der Waals surface area contributed by atoms with Crippen molar-refractivity contribution < 1.29 is 19.1 Å². The number of thioether (sulfide) groups is 1. The molecule has 7 nitrogen and oxygen atoms in total. The highest BCUT2D eigenvalue weighted by atomic mass is 32.2. The van der Waals surface area contributed by atoms with E-state index < -0.39 is 0 Å². The van der Waals surface area contributed by atoms with Crippen molar-refractivity contribution in [2.75, 3.05) is 24.4 Å². The standard InChI is InChI=1S/C20H23N3O4S/c1-2-23(12-14-7-8-16-17(11-14)27-13-26-16)20(25)22-15-5-3-4-6-18(15)28-10-9-19(21)24/h3-8,11H,2,9-10,12-13H2,1H3,(H2,21,24)(H,22,25). The van der Waals surface area contributed by atoms with Gasteiger partial charge < -0.3 is 25.4 Å². The van der Waals surface area contributed by atoms with Crippen LogP contribution in [0.3, 0.4) is 0 Å². The summed E-state index contributed by atoms with van der Waals surface area (Å²) in [5.41, 5.74) is 6.87. The molecular weight excluding hydrogens is 378 g/mol. The van der Waals surface area contributed by atoms with Crippen LogP contribution >= 0.6 is 11.8 Å². The van der Waals surface area contributed by atoms with E-state index in [2.05, 4.69) is 5.32 Å². The lowest BCUT2D eigenvalue weighted by molar-refractivity contribution is -0.117. The van der Waals surface area contributed by atoms with Gasteiger partial charge in [-0.1, -0.05) is 18.2 Å². The van der Waals surface area contributed by atoms with Gasteiger partial charge in [-0.05, 0) is 36.8 Å². The quantitative estimate of drug-likeness (QED) is 0.661. The SMILES string of the molecule is CCN(Cc1ccc2c(c1)OCO2)C(=O)Nc1ccccc1SCCC(N)=O. The average Bonchev–Trinajstić information content (AvgIpc) is 3.15. The third kappa shape index (κ3) is 5.10. The summed E-state index contributed by atoms with van der Waals surface area (Å²) in [6.07, 6.45) is 0.290. The number of carbonyl (C=O) groups is 2. The number of nitrogens with zero attached hydrogens (tertiary/aromatic N) is 1. The first-order valence-corrected chi connectivity index (χ1v) is 10.00. The van der Waals surface area contributed by atoms with Gasteiger partial charge in [-0.3, -0.25) is 4.79 Å². The van der Waals surface area contributed by atoms with Gasteiger partial charge in [0.2, 0.25) is 12.7 Å². The van der Waals surface area contributed by atoms with Crippen LogP contribution < -0.4 is 20.5 Å². The second-order valence-corrected chi connectivity index (χ2v) is 7.33. The maximum atomic E-state index is 12.8. The van der Waals surface area contributed by atoms with E-state index in [1.165, 1.54) is 11.8 Å². The summed E-state index contributed by atoms with van der Waals surface area (Å²) in [6.45, 7) is 3.16. The van der Waals surface area contributed by atoms with Gasteiger partial charge in [-0.2, -0.15) is 0 Å². The molecule has 0 radical (unpaired) electrons. The molecule has 0 aliphatic carbocycles. The monoisotopic (exact) mass is 401 g/mol. The van der Waals surface area contributed by atoms with Gasteiger partial charge in [0.1, 0.15) is 0 Å². The smallest absolute Gasteiger partial charge is 0.322 e. The number of hydrogen-bond acceptors (Lipinski definition) is 5. The molecule has 3 rings (SSSR count). The third-order valence-electron chi connectivity index (χ3n) is 4.21. The van der Waals surface area contributed by atoms with Crippen LogP contribution in [0.2, 0.25) is 0 Å². The van der Waals surface area contributed by atoms with E-state index in [0.29, 0.717) is 30.3 Å². The van der Waals surface area contributed by atoms with E-state index in [-0.39, 0.29) is 25.2 Å². The highest BCUT2D eigenvalue weighted by Crippen LogP contribution is 2.33. The Balaban J connectivity index is 1.65. The molecule has 0 aromatic heterocycles. The number of hydrogen-bond donors (Lipinski definition) is 2. The van der Waals surface area contributed by atoms with E-state index >= 15 is 0 Å². The predicted molar refractivity (Wildman–Crippen MR) is 109 cm³/mol. The van der Waals surface area contributed by atoms with Crippen LogP contribution in [-0.2, 0) is 11.3 Å². The number of amides is 3. The summed E-state index contributed by atoms with van der Waals surface area (Å²) in [7, 11) is 0. The zero-order chi connectivity index (χ0) is 19.9. The van der Waals surface area contributed by atoms with Crippen molar-refractivity contribution in [1.29, 1.82) is 0 Å². The molecule has 0 fully saturated rings. The van der Waals surface area contributed by atoms with Crippen molar-refractivity contribution in [3.8, 4) is 11.5 Å². The Morgan fingerprint density at radius 1 is 1.18 bits per heavy atom. The number of anilines is 1. The van der Waals surface area contributed by atoms with E-state index in [1.54, 1.807) is 4.90 Å². The van der Waals surface area contributed by atoms with Crippen LogP contribution in [0.25, 0.3) is 0 Å². The summed E-state index contributed by atoms with van der Waals surface area (Å²) < 4.78 is 10.7. The first-order chi connectivity index (χ1) is 13.6. The molecule has 0 unspecified atom stereocenters. The van der Waals surface area contributed by atoms with Crippen molar-refractivity contribution in [3.05, 3.63) is 48.0 Å². The first kappa shape index (κ1) is 19.9. The lowest BCUT2D eigenvalue weighted by atomic mass is 10.2. The average molecular weight is 401 g/mol. The minimum atomic E-state index is -0.338. The number of fused-ring (bicyclic) bond motifs is 1. The van der Waals surface area contributed by atoms with Gasteiger partial charge in [-0.15, -0.1) is 11.8 Å². The van der Waals surface area contributed by atoms with E-state index in [1.807, 2.05) is 49.4 Å². The van der Waals surface area contributed by atoms with Crippen molar-refractivity contribution in [2.45, 2.75) is 24.8 Å². The minimum absolute atomic E-state index is 0.192. The summed E-state index contributed by atoms with van der Waals surface area (Å²) >= 11 is 1.49.